The molecular weight excluding hydrogens is 861 g/mol. The number of carbonyl (C=O) groups excluding carboxylic acids is 3. The number of piperidine rings is 1. The highest BCUT2D eigenvalue weighted by molar-refractivity contribution is 6.10. The number of likely N-dealkylation sites (tertiary alicyclic amines) is 1. The molecule has 0 aromatic heterocycles. The van der Waals surface area contributed by atoms with Gasteiger partial charge in [-0.15, -0.1) is 0 Å². The number of methoxy groups -OCH3 is 1. The zero-order valence-electron chi connectivity index (χ0n) is 40.8. The van der Waals surface area contributed by atoms with E-state index < -0.39 is 11.9 Å². The number of hydrogen-bond acceptors (Lipinski definition) is 9. The van der Waals surface area contributed by atoms with Crippen LogP contribution in [-0.4, -0.2) is 107 Å². The van der Waals surface area contributed by atoms with Gasteiger partial charge < -0.3 is 20.3 Å². The largest absolute Gasteiger partial charge is 0.468 e. The fourth-order valence-corrected chi connectivity index (χ4v) is 11.2. The normalized spacial score (nSPS) is 24.2. The van der Waals surface area contributed by atoms with E-state index >= 15 is 0 Å². The first-order chi connectivity index (χ1) is 33.7. The first kappa shape index (κ1) is 47.9. The van der Waals surface area contributed by atoms with E-state index in [1.165, 1.54) is 91.1 Å². The van der Waals surface area contributed by atoms with Crippen LogP contribution < -0.4 is 10.6 Å². The molecule has 7 aliphatic rings. The molecule has 362 valence electrons. The number of carbonyl (C=O) groups is 3. The lowest BCUT2D eigenvalue weighted by atomic mass is 9.89. The second-order valence-electron chi connectivity index (χ2n) is 19.9. The van der Waals surface area contributed by atoms with Crippen LogP contribution in [0.3, 0.4) is 0 Å². The third-order valence-corrected chi connectivity index (χ3v) is 14.8. The molecular formula is C57H70N8O4. The first-order valence-electron chi connectivity index (χ1n) is 25.4. The molecule has 2 N–H and O–H groups in total. The maximum absolute atomic E-state index is 13.9. The average molecular weight is 931 g/mol. The number of benzene rings is 4. The molecule has 0 spiro atoms. The number of nitrogens with one attached hydrogen (secondary N) is 2. The van der Waals surface area contributed by atoms with Crippen LogP contribution in [0.25, 0.3) is 0 Å². The van der Waals surface area contributed by atoms with Crippen molar-refractivity contribution in [3.8, 4) is 0 Å². The Hall–Kier alpha value is -6.11. The van der Waals surface area contributed by atoms with Crippen molar-refractivity contribution in [1.82, 2.24) is 30.2 Å². The number of aryl methyl sites for hydroxylation is 2. The second-order valence-corrected chi connectivity index (χ2v) is 19.9. The Labute approximate surface area is 408 Å². The summed E-state index contributed by atoms with van der Waals surface area (Å²) in [4.78, 5) is 55.9. The van der Waals surface area contributed by atoms with Crippen molar-refractivity contribution >= 4 is 29.6 Å². The van der Waals surface area contributed by atoms with Crippen molar-refractivity contribution in [2.24, 2.45) is 15.9 Å². The third-order valence-electron chi connectivity index (χ3n) is 14.8. The molecule has 2 saturated carbocycles. The summed E-state index contributed by atoms with van der Waals surface area (Å²) in [6, 6.07) is 39.7. The van der Waals surface area contributed by atoms with Gasteiger partial charge in [0.2, 0.25) is 5.96 Å². The number of guanidine groups is 2. The number of ketones is 1. The van der Waals surface area contributed by atoms with Gasteiger partial charge in [-0.3, -0.25) is 29.1 Å². The summed E-state index contributed by atoms with van der Waals surface area (Å²) in [6.45, 7) is 10.1. The van der Waals surface area contributed by atoms with Gasteiger partial charge in [-0.05, 0) is 61.8 Å². The predicted octanol–water partition coefficient (Wildman–Crippen LogP) is 8.09. The van der Waals surface area contributed by atoms with Crippen molar-refractivity contribution in [3.05, 3.63) is 154 Å². The minimum Gasteiger partial charge on any atom is -0.468 e. The van der Waals surface area contributed by atoms with Crippen LogP contribution in [-0.2, 0) is 45.3 Å². The van der Waals surface area contributed by atoms with Gasteiger partial charge in [0.1, 0.15) is 11.7 Å². The zero-order chi connectivity index (χ0) is 47.7. The Kier molecular flexibility index (Phi) is 15.7. The zero-order valence-corrected chi connectivity index (χ0v) is 40.8. The van der Waals surface area contributed by atoms with Crippen LogP contribution in [0.5, 0.6) is 0 Å². The molecule has 4 aromatic rings. The van der Waals surface area contributed by atoms with Gasteiger partial charge in [0.05, 0.1) is 37.9 Å². The van der Waals surface area contributed by atoms with E-state index in [-0.39, 0.29) is 11.7 Å². The van der Waals surface area contributed by atoms with Crippen molar-refractivity contribution in [2.45, 2.75) is 128 Å². The summed E-state index contributed by atoms with van der Waals surface area (Å²) in [5.41, 5.74) is 9.69. The fourth-order valence-electron chi connectivity index (χ4n) is 11.2. The number of amides is 1. The number of hydrogen-bond donors (Lipinski definition) is 2. The molecule has 0 radical (unpaired) electrons. The highest BCUT2D eigenvalue weighted by Crippen LogP contribution is 2.41. The number of aliphatic imine (C=N–C) groups is 2. The summed E-state index contributed by atoms with van der Waals surface area (Å²) in [7, 11) is 1.33. The van der Waals surface area contributed by atoms with E-state index in [9.17, 15) is 14.4 Å². The van der Waals surface area contributed by atoms with Crippen molar-refractivity contribution in [1.29, 1.82) is 0 Å². The van der Waals surface area contributed by atoms with E-state index in [0.717, 1.165) is 56.5 Å². The SMILES string of the molecule is COC(=O)C1CN(Cc2ccccc2)CCC1=O.Cc1cccc(CN2C(=O)C3=C(CCN(Cc4ccccc4)C3)N3C2=NC2CCCCC23)c1.Cc1cccc(CN=C2NC3CCCCC3N2)c1. The molecule has 2 aliphatic carbocycles. The number of nitrogens with zero attached hydrogens (tertiary/aromatic N) is 6. The number of Topliss-reactive ketones (excluding diaryl/α,β-unsaturated/α-hetero) is 1. The molecule has 69 heavy (non-hydrogen) atoms. The molecule has 11 rings (SSSR count). The highest BCUT2D eigenvalue weighted by atomic mass is 16.5. The standard InChI is InChI=1S/C28H32N4O.C15H21N3.C14H17NO3/c1-20-8-7-11-22(16-20)18-31-27(33)23-19-30(17-21-9-3-2-4-10-21)15-14-25(23)32-26-13-6-5-12-24(26)29-28(31)32;1-11-5-4-6-12(9-11)10-16-15-17-13-7-2-3-8-14(13)18-15;1-18-14(17)12-10-15(8-7-13(12)16)9-11-5-3-2-4-6-11/h2-4,7-11,16,24,26H,5-6,12-15,17-19H2,1H3;4-6,9,13-14H,2-3,7-8,10H2,1H3,(H2,16,17,18);2-6,12H,7-10H2,1H3. The van der Waals surface area contributed by atoms with Crippen LogP contribution in [0.15, 0.2) is 130 Å². The van der Waals surface area contributed by atoms with E-state index in [0.29, 0.717) is 56.8 Å². The molecule has 5 heterocycles. The monoisotopic (exact) mass is 931 g/mol. The summed E-state index contributed by atoms with van der Waals surface area (Å²) in [5, 5.41) is 7.03. The molecule has 1 amide bonds. The summed E-state index contributed by atoms with van der Waals surface area (Å²) >= 11 is 0. The Morgan fingerprint density at radius 2 is 1.29 bits per heavy atom. The number of rotatable bonds is 9. The van der Waals surface area contributed by atoms with E-state index in [2.05, 4.69) is 128 Å². The molecule has 12 nitrogen and oxygen atoms in total. The van der Waals surface area contributed by atoms with Gasteiger partial charge in [0.15, 0.2) is 5.96 Å². The van der Waals surface area contributed by atoms with E-state index in [4.69, 9.17) is 4.99 Å². The summed E-state index contributed by atoms with van der Waals surface area (Å²) in [5.74, 6) is 1.01. The molecule has 5 atom stereocenters. The van der Waals surface area contributed by atoms with Gasteiger partial charge in [0.25, 0.3) is 5.91 Å². The number of fused-ring (bicyclic) bond motifs is 5. The number of ether oxygens (including phenoxy) is 1. The molecule has 2 saturated heterocycles. The van der Waals surface area contributed by atoms with Gasteiger partial charge in [-0.2, -0.15) is 0 Å². The van der Waals surface area contributed by atoms with E-state index in [1.807, 2.05) is 35.2 Å². The van der Waals surface area contributed by atoms with Crippen molar-refractivity contribution in [3.63, 3.8) is 0 Å². The lowest BCUT2D eigenvalue weighted by Gasteiger charge is -2.45. The predicted molar refractivity (Wildman–Crippen MR) is 272 cm³/mol. The maximum Gasteiger partial charge on any atom is 0.317 e. The third kappa shape index (κ3) is 11.8. The van der Waals surface area contributed by atoms with Crippen LogP contribution in [0.4, 0.5) is 0 Å². The highest BCUT2D eigenvalue weighted by Gasteiger charge is 2.48. The number of esters is 1. The Morgan fingerprint density at radius 1 is 0.696 bits per heavy atom. The van der Waals surface area contributed by atoms with Crippen LogP contribution in [0.2, 0.25) is 0 Å². The van der Waals surface area contributed by atoms with Gasteiger partial charge in [-0.1, -0.05) is 146 Å². The van der Waals surface area contributed by atoms with E-state index in [1.54, 1.807) is 0 Å². The molecule has 4 aromatic carbocycles. The first-order valence-corrected chi connectivity index (χ1v) is 25.4. The summed E-state index contributed by atoms with van der Waals surface area (Å²) in [6.07, 6.45) is 11.4. The quantitative estimate of drug-likeness (QED) is 0.127. The lowest BCUT2D eigenvalue weighted by Crippen LogP contribution is -2.56. The Morgan fingerprint density at radius 3 is 1.96 bits per heavy atom. The maximum atomic E-state index is 13.9. The fraction of sp³-hybridized carbons (Fsp3) is 0.456. The Balaban J connectivity index is 0.000000140. The molecule has 4 fully saturated rings. The molecule has 0 bridgehead atoms. The molecule has 5 unspecified atom stereocenters. The minimum atomic E-state index is -0.618. The molecule has 12 heteroatoms. The van der Waals surface area contributed by atoms with Crippen LogP contribution >= 0.6 is 0 Å². The van der Waals surface area contributed by atoms with Gasteiger partial charge in [-0.25, -0.2) is 9.98 Å². The lowest BCUT2D eigenvalue weighted by molar-refractivity contribution is -0.152. The summed E-state index contributed by atoms with van der Waals surface area (Å²) < 4.78 is 4.67. The smallest absolute Gasteiger partial charge is 0.317 e. The van der Waals surface area contributed by atoms with Crippen molar-refractivity contribution in [2.75, 3.05) is 33.3 Å². The van der Waals surface area contributed by atoms with Crippen LogP contribution in [0.1, 0.15) is 97.6 Å². The van der Waals surface area contributed by atoms with Crippen LogP contribution in [0, 0.1) is 19.8 Å². The topological polar surface area (TPSA) is 122 Å². The average Bonchev–Trinajstić information content (AvgIpc) is 3.98. The molecule has 5 aliphatic heterocycles. The van der Waals surface area contributed by atoms with Gasteiger partial charge in [0, 0.05) is 69.9 Å². The van der Waals surface area contributed by atoms with Crippen molar-refractivity contribution < 1.29 is 19.1 Å². The van der Waals surface area contributed by atoms with Gasteiger partial charge >= 0.3 is 5.97 Å². The Bertz CT molecular complexity index is 2500. The minimum absolute atomic E-state index is 0.00818. The second kappa shape index (κ2) is 22.5.